The molecule has 2 aromatic rings. The summed E-state index contributed by atoms with van der Waals surface area (Å²) in [5.74, 6) is 1.28. The highest BCUT2D eigenvalue weighted by atomic mass is 19.3. The number of primary amides is 1. The first kappa shape index (κ1) is 22.6. The molecule has 0 spiro atoms. The number of fused-ring (bicyclic) bond motifs is 3. The molecule has 3 heterocycles. The number of aromatic nitrogens is 2. The zero-order chi connectivity index (χ0) is 23.7. The maximum Gasteiger partial charge on any atom is 0.284 e. The van der Waals surface area contributed by atoms with Gasteiger partial charge in [0.15, 0.2) is 11.8 Å². The van der Waals surface area contributed by atoms with E-state index in [0.29, 0.717) is 29.4 Å². The molecule has 1 aromatic heterocycles. The van der Waals surface area contributed by atoms with Crippen molar-refractivity contribution in [2.24, 2.45) is 11.7 Å². The fourth-order valence-corrected chi connectivity index (χ4v) is 3.85. The van der Waals surface area contributed by atoms with E-state index in [4.69, 9.17) is 15.2 Å². The van der Waals surface area contributed by atoms with Gasteiger partial charge >= 0.3 is 0 Å². The van der Waals surface area contributed by atoms with Gasteiger partial charge in [-0.25, -0.2) is 18.6 Å². The molecular weight excluding hydrogens is 440 g/mol. The third-order valence-corrected chi connectivity index (χ3v) is 5.63. The normalized spacial score (nSPS) is 19.0. The Bertz CT molecular complexity index is 1100. The number of nitrogens with one attached hydrogen (secondary N) is 1. The average molecular weight is 463 g/mol. The van der Waals surface area contributed by atoms with Crippen molar-refractivity contribution in [1.29, 1.82) is 0 Å². The zero-order valence-corrected chi connectivity index (χ0v) is 17.7. The standard InChI is InChI=1S/C21H23F2N5O5/c1-11(8-29)18(20(24)31)25-12-2-3-13-15(6-12)32-5-4-27-7-16(26-21(13)27)28-14(19(22)23)10-33-17(28)9-30/h2-3,6-7,11,14,18-19,25,29H,4-5,8,10H2,1H3,(H2,24,31)/t11?,14-,18-/m0/s1. The molecule has 10 nitrogen and oxygen atoms in total. The minimum Gasteiger partial charge on any atom is -0.491 e. The molecule has 176 valence electrons. The van der Waals surface area contributed by atoms with Crippen LogP contribution in [0.2, 0.25) is 0 Å². The molecule has 0 saturated carbocycles. The van der Waals surface area contributed by atoms with Crippen LogP contribution in [0.4, 0.5) is 20.3 Å². The number of halogens is 2. The van der Waals surface area contributed by atoms with Crippen molar-refractivity contribution in [3.05, 3.63) is 30.3 Å². The molecule has 4 N–H and O–H groups in total. The number of carbonyl (C=O) groups excluding carboxylic acids is 2. The Kier molecular flexibility index (Phi) is 6.21. The van der Waals surface area contributed by atoms with E-state index < -0.39 is 30.3 Å². The van der Waals surface area contributed by atoms with Crippen molar-refractivity contribution in [3.63, 3.8) is 0 Å². The van der Waals surface area contributed by atoms with Gasteiger partial charge in [-0.05, 0) is 12.1 Å². The van der Waals surface area contributed by atoms with Gasteiger partial charge in [-0.15, -0.1) is 0 Å². The summed E-state index contributed by atoms with van der Waals surface area (Å²) in [4.78, 5) is 28.5. The molecule has 3 atom stereocenters. The average Bonchev–Trinajstić information content (AvgIpc) is 3.37. The first-order valence-corrected chi connectivity index (χ1v) is 10.3. The number of rotatable bonds is 7. The van der Waals surface area contributed by atoms with Crippen LogP contribution in [0.3, 0.4) is 0 Å². The summed E-state index contributed by atoms with van der Waals surface area (Å²) in [5, 5.41) is 12.4. The molecule has 12 heteroatoms. The molecule has 1 unspecified atom stereocenters. The number of aliphatic hydroxyl groups excluding tert-OH is 1. The van der Waals surface area contributed by atoms with Crippen molar-refractivity contribution >= 4 is 23.4 Å². The first-order valence-electron chi connectivity index (χ1n) is 10.3. The van der Waals surface area contributed by atoms with Crippen LogP contribution in [-0.4, -0.2) is 64.8 Å². The van der Waals surface area contributed by atoms with E-state index in [0.717, 1.165) is 4.90 Å². The maximum atomic E-state index is 13.5. The van der Waals surface area contributed by atoms with Crippen LogP contribution < -0.4 is 20.7 Å². The number of benzene rings is 1. The van der Waals surface area contributed by atoms with Gasteiger partial charge in [-0.2, -0.15) is 0 Å². The lowest BCUT2D eigenvalue weighted by molar-refractivity contribution is -0.120. The number of ether oxygens (including phenoxy) is 2. The van der Waals surface area contributed by atoms with Gasteiger partial charge in [0, 0.05) is 30.5 Å². The predicted molar refractivity (Wildman–Crippen MR) is 113 cm³/mol. The van der Waals surface area contributed by atoms with Crippen LogP contribution >= 0.6 is 0 Å². The fourth-order valence-electron chi connectivity index (χ4n) is 3.85. The highest BCUT2D eigenvalue weighted by Gasteiger charge is 2.40. The van der Waals surface area contributed by atoms with Gasteiger partial charge in [0.05, 0.1) is 12.1 Å². The third kappa shape index (κ3) is 4.22. The van der Waals surface area contributed by atoms with E-state index in [-0.39, 0.29) is 31.5 Å². The second-order valence-electron chi connectivity index (χ2n) is 7.85. The van der Waals surface area contributed by atoms with E-state index in [2.05, 4.69) is 10.3 Å². The van der Waals surface area contributed by atoms with Crippen LogP contribution in [-0.2, 0) is 20.9 Å². The second-order valence-corrected chi connectivity index (χ2v) is 7.85. The first-order chi connectivity index (χ1) is 15.8. The number of nitrogens with two attached hydrogens (primary N) is 1. The van der Waals surface area contributed by atoms with E-state index in [9.17, 15) is 23.5 Å². The van der Waals surface area contributed by atoms with Crippen LogP contribution in [0.1, 0.15) is 6.92 Å². The summed E-state index contributed by atoms with van der Waals surface area (Å²) in [6.45, 7) is 1.79. The topological polar surface area (TPSA) is 132 Å². The lowest BCUT2D eigenvalue weighted by Gasteiger charge is -2.22. The second kappa shape index (κ2) is 9.08. The lowest BCUT2D eigenvalue weighted by atomic mass is 10.0. The molecule has 2 aliphatic rings. The summed E-state index contributed by atoms with van der Waals surface area (Å²) < 4.78 is 39.6. The molecule has 4 rings (SSSR count). The molecule has 0 aliphatic carbocycles. The largest absolute Gasteiger partial charge is 0.491 e. The molecular formula is C21H23F2N5O5. The quantitative estimate of drug-likeness (QED) is 0.518. The molecule has 2 aliphatic heterocycles. The fraction of sp³-hybridized carbons (Fsp3) is 0.429. The molecule has 0 radical (unpaired) electrons. The van der Waals surface area contributed by atoms with Crippen molar-refractivity contribution in [2.45, 2.75) is 32.0 Å². The minimum atomic E-state index is -2.75. The Morgan fingerprint density at radius 3 is 2.88 bits per heavy atom. The summed E-state index contributed by atoms with van der Waals surface area (Å²) in [6, 6.07) is 2.96. The molecule has 0 bridgehead atoms. The number of alkyl halides is 2. The van der Waals surface area contributed by atoms with Gasteiger partial charge in [0.2, 0.25) is 5.91 Å². The minimum absolute atomic E-state index is 0.145. The van der Waals surface area contributed by atoms with Crippen LogP contribution in [0.25, 0.3) is 11.4 Å². The van der Waals surface area contributed by atoms with Gasteiger partial charge < -0.3 is 30.2 Å². The number of imidazole rings is 1. The van der Waals surface area contributed by atoms with Crippen LogP contribution in [0.5, 0.6) is 5.75 Å². The van der Waals surface area contributed by atoms with Gasteiger partial charge in [0.1, 0.15) is 36.9 Å². The van der Waals surface area contributed by atoms with Crippen molar-refractivity contribution in [1.82, 2.24) is 9.55 Å². The Balaban J connectivity index is 1.68. The molecule has 33 heavy (non-hydrogen) atoms. The Labute approximate surface area is 187 Å². The predicted octanol–water partition coefficient (Wildman–Crippen LogP) is 0.980. The number of hydrogen-bond donors (Lipinski definition) is 3. The smallest absolute Gasteiger partial charge is 0.284 e. The van der Waals surface area contributed by atoms with E-state index in [1.807, 2.05) is 0 Å². The van der Waals surface area contributed by atoms with Gasteiger partial charge in [-0.1, -0.05) is 6.92 Å². The summed E-state index contributed by atoms with van der Waals surface area (Å²) in [7, 11) is 0. The zero-order valence-electron chi connectivity index (χ0n) is 17.7. The van der Waals surface area contributed by atoms with E-state index in [1.165, 1.54) is 0 Å². The van der Waals surface area contributed by atoms with Crippen molar-refractivity contribution in [2.75, 3.05) is 30.0 Å². The number of hydrogen-bond acceptors (Lipinski definition) is 8. The number of nitrogens with zero attached hydrogens (tertiary/aromatic N) is 3. The van der Waals surface area contributed by atoms with Crippen molar-refractivity contribution < 1.29 is 33.0 Å². The van der Waals surface area contributed by atoms with Crippen molar-refractivity contribution in [3.8, 4) is 17.1 Å². The summed E-state index contributed by atoms with van der Waals surface area (Å²) in [5.41, 5.74) is 6.60. The monoisotopic (exact) mass is 463 g/mol. The highest BCUT2D eigenvalue weighted by Crippen LogP contribution is 2.37. The molecule has 1 saturated heterocycles. The Morgan fingerprint density at radius 2 is 2.21 bits per heavy atom. The van der Waals surface area contributed by atoms with E-state index in [1.54, 1.807) is 41.8 Å². The SMILES string of the molecule is CC(CO)[C@H](Nc1ccc2c(c1)OCCn1cc(N3C(=C=O)OC[C@H]3C(F)F)nc1-2)C(N)=O. The molecule has 1 aromatic carbocycles. The maximum absolute atomic E-state index is 13.5. The summed E-state index contributed by atoms with van der Waals surface area (Å²) >= 11 is 0. The number of amides is 1. The van der Waals surface area contributed by atoms with Gasteiger partial charge in [-0.3, -0.25) is 9.69 Å². The Hall–Kier alpha value is -3.63. The Morgan fingerprint density at radius 1 is 1.42 bits per heavy atom. The van der Waals surface area contributed by atoms with Crippen LogP contribution in [0.15, 0.2) is 30.3 Å². The van der Waals surface area contributed by atoms with Gasteiger partial charge in [0.25, 0.3) is 12.3 Å². The number of carbonyl (C=O) groups is 1. The summed E-state index contributed by atoms with van der Waals surface area (Å²) in [6.07, 6.45) is -1.19. The number of anilines is 2. The number of aliphatic hydroxyl groups is 1. The highest BCUT2D eigenvalue weighted by molar-refractivity contribution is 5.84. The lowest BCUT2D eigenvalue weighted by Crippen LogP contribution is -2.41. The van der Waals surface area contributed by atoms with Crippen LogP contribution in [0, 0.1) is 5.92 Å². The van der Waals surface area contributed by atoms with E-state index >= 15 is 0 Å². The third-order valence-electron chi connectivity index (χ3n) is 5.63. The molecule has 1 amide bonds. The molecule has 1 fully saturated rings.